The van der Waals surface area contributed by atoms with Gasteiger partial charge in [0, 0.05) is 18.7 Å². The molecule has 2 aromatic rings. The molecule has 2 atom stereocenters. The fraction of sp³-hybridized carbons (Fsp3) is 0.481. The van der Waals surface area contributed by atoms with Gasteiger partial charge in [-0.3, -0.25) is 13.9 Å². The van der Waals surface area contributed by atoms with Crippen LogP contribution in [0.3, 0.4) is 0 Å². The molecule has 0 aliphatic carbocycles. The molecule has 0 saturated carbocycles. The number of anilines is 1. The average molecular weight is 532 g/mol. The zero-order valence-electron chi connectivity index (χ0n) is 22.2. The Balaban J connectivity index is 1.94. The van der Waals surface area contributed by atoms with Crippen molar-refractivity contribution in [2.24, 2.45) is 0 Å². The molecule has 0 aromatic heterocycles. The highest BCUT2D eigenvalue weighted by Crippen LogP contribution is 2.35. The van der Waals surface area contributed by atoms with E-state index >= 15 is 0 Å². The van der Waals surface area contributed by atoms with Crippen molar-refractivity contribution >= 4 is 27.5 Å². The molecule has 0 fully saturated rings. The molecule has 2 unspecified atom stereocenters. The summed E-state index contributed by atoms with van der Waals surface area (Å²) in [6.07, 6.45) is 0.747. The van der Waals surface area contributed by atoms with Crippen LogP contribution >= 0.6 is 0 Å². The van der Waals surface area contributed by atoms with E-state index in [1.165, 1.54) is 11.8 Å². The Labute approximate surface area is 219 Å². The zero-order chi connectivity index (χ0) is 27.2. The number of carbonyl (C=O) groups excluding carboxylic acids is 2. The Morgan fingerprint density at radius 3 is 2.27 bits per heavy atom. The van der Waals surface area contributed by atoms with Crippen LogP contribution in [0.2, 0.25) is 0 Å². The van der Waals surface area contributed by atoms with Gasteiger partial charge in [-0.2, -0.15) is 0 Å². The number of nitrogens with zero attached hydrogens (tertiary/aromatic N) is 2. The molecule has 0 bridgehead atoms. The molecule has 1 aliphatic rings. The lowest BCUT2D eigenvalue weighted by molar-refractivity contribution is -0.139. The summed E-state index contributed by atoms with van der Waals surface area (Å²) in [6.45, 7) is 9.48. The molecular formula is C27H37N3O6S. The molecule has 0 saturated heterocycles. The fourth-order valence-corrected chi connectivity index (χ4v) is 4.90. The van der Waals surface area contributed by atoms with Crippen LogP contribution in [0.1, 0.15) is 45.2 Å². The molecule has 9 nitrogen and oxygen atoms in total. The lowest BCUT2D eigenvalue weighted by Crippen LogP contribution is -2.52. The molecule has 37 heavy (non-hydrogen) atoms. The van der Waals surface area contributed by atoms with Crippen LogP contribution in [-0.2, 0) is 26.2 Å². The standard InChI is InChI=1S/C27H37N3O6S/c1-6-20(4)28-27(32)21(5)29(17-22-10-8-19(3)9-11-22)26(31)18-30(37(33,34)7-2)23-12-13-24-25(16-23)36-15-14-35-24/h8-13,16,20-21H,6-7,14-15,17-18H2,1-5H3,(H,28,32). The van der Waals surface area contributed by atoms with Crippen molar-refractivity contribution in [3.8, 4) is 11.5 Å². The number of hydrogen-bond acceptors (Lipinski definition) is 6. The minimum atomic E-state index is -3.83. The second kappa shape index (κ2) is 12.3. The molecular weight excluding hydrogens is 494 g/mol. The van der Waals surface area contributed by atoms with Gasteiger partial charge in [0.25, 0.3) is 0 Å². The first kappa shape index (κ1) is 28.3. The molecule has 3 rings (SSSR count). The number of ether oxygens (including phenoxy) is 2. The molecule has 202 valence electrons. The number of amides is 2. The molecule has 0 radical (unpaired) electrons. The Morgan fingerprint density at radius 2 is 1.65 bits per heavy atom. The number of carbonyl (C=O) groups is 2. The monoisotopic (exact) mass is 531 g/mol. The first-order valence-corrected chi connectivity index (χ1v) is 14.2. The number of hydrogen-bond donors (Lipinski definition) is 1. The van der Waals surface area contributed by atoms with Crippen molar-refractivity contribution in [2.45, 2.75) is 59.7 Å². The van der Waals surface area contributed by atoms with Crippen molar-refractivity contribution in [1.29, 1.82) is 0 Å². The van der Waals surface area contributed by atoms with Crippen LogP contribution in [0.5, 0.6) is 11.5 Å². The van der Waals surface area contributed by atoms with Crippen LogP contribution in [-0.4, -0.2) is 62.7 Å². The number of aryl methyl sites for hydroxylation is 1. The third kappa shape index (κ3) is 7.15. The summed E-state index contributed by atoms with van der Waals surface area (Å²) in [4.78, 5) is 28.2. The SMILES string of the molecule is CCC(C)NC(=O)C(C)N(Cc1ccc(C)cc1)C(=O)CN(c1ccc2c(c1)OCCO2)S(=O)(=O)CC. The van der Waals surface area contributed by atoms with Gasteiger partial charge in [-0.15, -0.1) is 0 Å². The Kier molecular flexibility index (Phi) is 9.42. The van der Waals surface area contributed by atoms with Crippen molar-refractivity contribution in [2.75, 3.05) is 29.8 Å². The molecule has 1 aliphatic heterocycles. The molecule has 10 heteroatoms. The third-order valence-electron chi connectivity index (χ3n) is 6.44. The van der Waals surface area contributed by atoms with Crippen LogP contribution < -0.4 is 19.1 Å². The summed E-state index contributed by atoms with van der Waals surface area (Å²) in [5.41, 5.74) is 2.21. The van der Waals surface area contributed by atoms with E-state index in [1.807, 2.05) is 45.0 Å². The lowest BCUT2D eigenvalue weighted by atomic mass is 10.1. The fourth-order valence-electron chi connectivity index (χ4n) is 3.85. The number of rotatable bonds is 11. The summed E-state index contributed by atoms with van der Waals surface area (Å²) in [5.74, 6) is -0.0355. The van der Waals surface area contributed by atoms with Gasteiger partial charge in [0.05, 0.1) is 11.4 Å². The maximum absolute atomic E-state index is 13.7. The predicted molar refractivity (Wildman–Crippen MR) is 143 cm³/mol. The quantitative estimate of drug-likeness (QED) is 0.477. The topological polar surface area (TPSA) is 105 Å². The second-order valence-electron chi connectivity index (χ2n) is 9.24. The van der Waals surface area contributed by atoms with Gasteiger partial charge in [0.1, 0.15) is 25.8 Å². The summed E-state index contributed by atoms with van der Waals surface area (Å²) < 4.78 is 38.5. The van der Waals surface area contributed by atoms with Gasteiger partial charge in [-0.25, -0.2) is 8.42 Å². The van der Waals surface area contributed by atoms with E-state index < -0.39 is 28.5 Å². The highest BCUT2D eigenvalue weighted by molar-refractivity contribution is 7.92. The Bertz CT molecular complexity index is 1200. The first-order chi connectivity index (χ1) is 17.6. The van der Waals surface area contributed by atoms with Gasteiger partial charge in [-0.05, 0) is 51.8 Å². The number of fused-ring (bicyclic) bond motifs is 1. The molecule has 1 N–H and O–H groups in total. The van der Waals surface area contributed by atoms with E-state index in [9.17, 15) is 18.0 Å². The van der Waals surface area contributed by atoms with Gasteiger partial charge < -0.3 is 19.7 Å². The van der Waals surface area contributed by atoms with E-state index in [-0.39, 0.29) is 24.2 Å². The summed E-state index contributed by atoms with van der Waals surface area (Å²) >= 11 is 0. The largest absolute Gasteiger partial charge is 0.486 e. The molecule has 0 spiro atoms. The van der Waals surface area contributed by atoms with Gasteiger partial charge >= 0.3 is 0 Å². The van der Waals surface area contributed by atoms with E-state index in [4.69, 9.17) is 9.47 Å². The summed E-state index contributed by atoms with van der Waals surface area (Å²) in [6, 6.07) is 11.6. The maximum atomic E-state index is 13.7. The van der Waals surface area contributed by atoms with E-state index in [0.29, 0.717) is 30.4 Å². The van der Waals surface area contributed by atoms with Crippen LogP contribution in [0, 0.1) is 6.92 Å². The molecule has 2 aromatic carbocycles. The highest BCUT2D eigenvalue weighted by atomic mass is 32.2. The first-order valence-electron chi connectivity index (χ1n) is 12.6. The third-order valence-corrected chi connectivity index (χ3v) is 8.18. The summed E-state index contributed by atoms with van der Waals surface area (Å²) in [7, 11) is -3.83. The minimum Gasteiger partial charge on any atom is -0.486 e. The van der Waals surface area contributed by atoms with Crippen LogP contribution in [0.15, 0.2) is 42.5 Å². The smallest absolute Gasteiger partial charge is 0.244 e. The Hall–Kier alpha value is -3.27. The van der Waals surface area contributed by atoms with Crippen LogP contribution in [0.25, 0.3) is 0 Å². The van der Waals surface area contributed by atoms with Gasteiger partial charge in [0.2, 0.25) is 21.8 Å². The van der Waals surface area contributed by atoms with Crippen molar-refractivity contribution in [1.82, 2.24) is 10.2 Å². The predicted octanol–water partition coefficient (Wildman–Crippen LogP) is 3.25. The van der Waals surface area contributed by atoms with Crippen molar-refractivity contribution in [3.05, 3.63) is 53.6 Å². The van der Waals surface area contributed by atoms with Crippen molar-refractivity contribution in [3.63, 3.8) is 0 Å². The van der Waals surface area contributed by atoms with E-state index in [1.54, 1.807) is 25.1 Å². The Morgan fingerprint density at radius 1 is 1.00 bits per heavy atom. The second-order valence-corrected chi connectivity index (χ2v) is 11.4. The van der Waals surface area contributed by atoms with E-state index in [0.717, 1.165) is 21.9 Å². The number of benzene rings is 2. The molecule has 1 heterocycles. The highest BCUT2D eigenvalue weighted by Gasteiger charge is 2.32. The minimum absolute atomic E-state index is 0.0547. The number of nitrogens with one attached hydrogen (secondary N) is 1. The number of sulfonamides is 1. The van der Waals surface area contributed by atoms with Gasteiger partial charge in [0.15, 0.2) is 11.5 Å². The van der Waals surface area contributed by atoms with Gasteiger partial charge in [-0.1, -0.05) is 36.8 Å². The molecule has 2 amide bonds. The summed E-state index contributed by atoms with van der Waals surface area (Å²) in [5, 5.41) is 2.93. The van der Waals surface area contributed by atoms with E-state index in [2.05, 4.69) is 5.32 Å². The van der Waals surface area contributed by atoms with Crippen LogP contribution in [0.4, 0.5) is 5.69 Å². The maximum Gasteiger partial charge on any atom is 0.244 e. The average Bonchev–Trinajstić information content (AvgIpc) is 2.90. The zero-order valence-corrected chi connectivity index (χ0v) is 23.0. The lowest BCUT2D eigenvalue weighted by Gasteiger charge is -2.32. The normalized spacial score (nSPS) is 14.4. The van der Waals surface area contributed by atoms with Crippen molar-refractivity contribution < 1.29 is 27.5 Å².